The predicted molar refractivity (Wildman–Crippen MR) is 72.2 cm³/mol. The molecule has 1 aromatic heterocycles. The van der Waals surface area contributed by atoms with Gasteiger partial charge in [-0.15, -0.1) is 0 Å². The minimum absolute atomic E-state index is 0.228. The van der Waals surface area contributed by atoms with Gasteiger partial charge in [0.2, 0.25) is 0 Å². The summed E-state index contributed by atoms with van der Waals surface area (Å²) in [5.74, 6) is 0. The number of H-pyrrole nitrogens is 1. The molecular formula is C15H20N2. The fourth-order valence-corrected chi connectivity index (χ4v) is 3.31. The Morgan fingerprint density at radius 1 is 1.29 bits per heavy atom. The fraction of sp³-hybridized carbons (Fsp3) is 0.467. The van der Waals surface area contributed by atoms with Crippen LogP contribution in [-0.2, 0) is 5.41 Å². The summed E-state index contributed by atoms with van der Waals surface area (Å²) in [6.07, 6.45) is 7.29. The summed E-state index contributed by atoms with van der Waals surface area (Å²) in [6, 6.07) is 6.62. The molecule has 1 saturated carbocycles. The second-order valence-electron chi connectivity index (χ2n) is 5.44. The molecule has 0 bridgehead atoms. The molecule has 0 atom stereocenters. The number of benzene rings is 1. The first-order valence-corrected chi connectivity index (χ1v) is 6.53. The fourth-order valence-electron chi connectivity index (χ4n) is 3.31. The van der Waals surface area contributed by atoms with Gasteiger partial charge in [-0.05, 0) is 37.5 Å². The number of aromatic nitrogens is 1. The smallest absolute Gasteiger partial charge is 0.0457 e. The van der Waals surface area contributed by atoms with Crippen LogP contribution in [0.1, 0.15) is 36.8 Å². The van der Waals surface area contributed by atoms with Gasteiger partial charge in [0.25, 0.3) is 0 Å². The van der Waals surface area contributed by atoms with Gasteiger partial charge in [0.1, 0.15) is 0 Å². The number of nitrogens with two attached hydrogens (primary N) is 1. The molecule has 1 aliphatic carbocycles. The predicted octanol–water partition coefficient (Wildman–Crippen LogP) is 3.25. The molecule has 1 heterocycles. The standard InChI is InChI=1S/C15H20N2/c1-11-4-5-14-12(8-11)13(9-17-14)15(10-16)6-2-3-7-15/h4-5,8-9,17H,2-3,6-7,10,16H2,1H3. The van der Waals surface area contributed by atoms with Gasteiger partial charge in [-0.25, -0.2) is 0 Å². The van der Waals surface area contributed by atoms with Crippen LogP contribution >= 0.6 is 0 Å². The number of fused-ring (bicyclic) bond motifs is 1. The largest absolute Gasteiger partial charge is 0.361 e. The molecule has 1 aliphatic rings. The van der Waals surface area contributed by atoms with E-state index in [1.54, 1.807) is 0 Å². The van der Waals surface area contributed by atoms with Gasteiger partial charge >= 0.3 is 0 Å². The lowest BCUT2D eigenvalue weighted by molar-refractivity contribution is 0.457. The lowest BCUT2D eigenvalue weighted by Crippen LogP contribution is -2.31. The molecule has 0 amide bonds. The van der Waals surface area contributed by atoms with Crippen molar-refractivity contribution < 1.29 is 0 Å². The molecule has 3 N–H and O–H groups in total. The normalized spacial score (nSPS) is 18.9. The molecule has 2 nitrogen and oxygen atoms in total. The van der Waals surface area contributed by atoms with Crippen LogP contribution in [0.25, 0.3) is 10.9 Å². The van der Waals surface area contributed by atoms with Crippen LogP contribution in [0.2, 0.25) is 0 Å². The Morgan fingerprint density at radius 3 is 2.76 bits per heavy atom. The van der Waals surface area contributed by atoms with Gasteiger partial charge in [-0.3, -0.25) is 0 Å². The lowest BCUT2D eigenvalue weighted by Gasteiger charge is -2.27. The monoisotopic (exact) mass is 228 g/mol. The first-order chi connectivity index (χ1) is 8.25. The highest BCUT2D eigenvalue weighted by Gasteiger charge is 2.35. The summed E-state index contributed by atoms with van der Waals surface area (Å²) < 4.78 is 0. The zero-order chi connectivity index (χ0) is 11.9. The van der Waals surface area contributed by atoms with Crippen molar-refractivity contribution in [2.24, 2.45) is 5.73 Å². The summed E-state index contributed by atoms with van der Waals surface area (Å²) in [5, 5.41) is 1.37. The summed E-state index contributed by atoms with van der Waals surface area (Å²) in [5.41, 5.74) is 10.3. The molecule has 0 unspecified atom stereocenters. The Bertz CT molecular complexity index is 533. The van der Waals surface area contributed by atoms with Crippen LogP contribution < -0.4 is 5.73 Å². The van der Waals surface area contributed by atoms with Crippen LogP contribution in [0.15, 0.2) is 24.4 Å². The Kier molecular flexibility index (Phi) is 2.48. The van der Waals surface area contributed by atoms with Crippen LogP contribution in [0.5, 0.6) is 0 Å². The quantitative estimate of drug-likeness (QED) is 0.814. The summed E-state index contributed by atoms with van der Waals surface area (Å²) in [4.78, 5) is 3.40. The number of aromatic amines is 1. The van der Waals surface area contributed by atoms with E-state index in [0.29, 0.717) is 0 Å². The highest BCUT2D eigenvalue weighted by atomic mass is 14.7. The first-order valence-electron chi connectivity index (χ1n) is 6.53. The lowest BCUT2D eigenvalue weighted by atomic mass is 9.79. The van der Waals surface area contributed by atoms with Gasteiger partial charge in [0, 0.05) is 29.1 Å². The van der Waals surface area contributed by atoms with E-state index in [9.17, 15) is 0 Å². The van der Waals surface area contributed by atoms with E-state index in [4.69, 9.17) is 5.73 Å². The van der Waals surface area contributed by atoms with Crippen LogP contribution in [0.3, 0.4) is 0 Å². The zero-order valence-electron chi connectivity index (χ0n) is 10.4. The highest BCUT2D eigenvalue weighted by molar-refractivity contribution is 5.85. The van der Waals surface area contributed by atoms with Crippen molar-refractivity contribution in [2.75, 3.05) is 6.54 Å². The molecule has 90 valence electrons. The maximum Gasteiger partial charge on any atom is 0.0457 e. The van der Waals surface area contributed by atoms with Gasteiger partial charge in [0.05, 0.1) is 0 Å². The van der Waals surface area contributed by atoms with Gasteiger partial charge in [-0.2, -0.15) is 0 Å². The maximum absolute atomic E-state index is 6.08. The molecule has 2 heteroatoms. The van der Waals surface area contributed by atoms with Crippen molar-refractivity contribution in [2.45, 2.75) is 38.0 Å². The number of aryl methyl sites for hydroxylation is 1. The van der Waals surface area contributed by atoms with E-state index in [1.807, 2.05) is 0 Å². The molecule has 2 aromatic rings. The van der Waals surface area contributed by atoms with Crippen molar-refractivity contribution in [3.63, 3.8) is 0 Å². The SMILES string of the molecule is Cc1ccc2[nH]cc(C3(CN)CCCC3)c2c1. The second-order valence-corrected chi connectivity index (χ2v) is 5.44. The molecule has 0 saturated heterocycles. The van der Waals surface area contributed by atoms with E-state index in [0.717, 1.165) is 6.54 Å². The molecule has 0 spiro atoms. The Labute approximate surface area is 102 Å². The molecule has 3 rings (SSSR count). The van der Waals surface area contributed by atoms with Crippen molar-refractivity contribution in [3.8, 4) is 0 Å². The van der Waals surface area contributed by atoms with E-state index in [2.05, 4.69) is 36.3 Å². The molecule has 17 heavy (non-hydrogen) atoms. The Balaban J connectivity index is 2.19. The second kappa shape index (κ2) is 3.88. The van der Waals surface area contributed by atoms with Crippen LogP contribution in [0, 0.1) is 6.92 Å². The number of hydrogen-bond donors (Lipinski definition) is 2. The van der Waals surface area contributed by atoms with Crippen molar-refractivity contribution in [1.29, 1.82) is 0 Å². The molecule has 1 aromatic carbocycles. The molecular weight excluding hydrogens is 208 g/mol. The average molecular weight is 228 g/mol. The van der Waals surface area contributed by atoms with E-state index < -0.39 is 0 Å². The van der Waals surface area contributed by atoms with Crippen molar-refractivity contribution >= 4 is 10.9 Å². The van der Waals surface area contributed by atoms with E-state index >= 15 is 0 Å². The number of hydrogen-bond acceptors (Lipinski definition) is 1. The zero-order valence-corrected chi connectivity index (χ0v) is 10.4. The minimum atomic E-state index is 0.228. The third-order valence-corrected chi connectivity index (χ3v) is 4.36. The third-order valence-electron chi connectivity index (χ3n) is 4.36. The Hall–Kier alpha value is -1.28. The third kappa shape index (κ3) is 1.59. The van der Waals surface area contributed by atoms with Gasteiger partial charge in [-0.1, -0.05) is 24.5 Å². The summed E-state index contributed by atoms with van der Waals surface area (Å²) in [6.45, 7) is 2.92. The van der Waals surface area contributed by atoms with Gasteiger partial charge < -0.3 is 10.7 Å². The summed E-state index contributed by atoms with van der Waals surface area (Å²) >= 11 is 0. The van der Waals surface area contributed by atoms with Crippen LogP contribution in [0.4, 0.5) is 0 Å². The van der Waals surface area contributed by atoms with E-state index in [-0.39, 0.29) is 5.41 Å². The van der Waals surface area contributed by atoms with Crippen molar-refractivity contribution in [3.05, 3.63) is 35.5 Å². The molecule has 1 fully saturated rings. The topological polar surface area (TPSA) is 41.8 Å². The minimum Gasteiger partial charge on any atom is -0.361 e. The number of rotatable bonds is 2. The highest BCUT2D eigenvalue weighted by Crippen LogP contribution is 2.43. The maximum atomic E-state index is 6.08. The van der Waals surface area contributed by atoms with E-state index in [1.165, 1.54) is 47.7 Å². The molecule has 0 radical (unpaired) electrons. The van der Waals surface area contributed by atoms with Crippen LogP contribution in [-0.4, -0.2) is 11.5 Å². The average Bonchev–Trinajstić information content (AvgIpc) is 2.94. The first kappa shape index (κ1) is 10.8. The molecule has 0 aliphatic heterocycles. The van der Waals surface area contributed by atoms with Gasteiger partial charge in [0.15, 0.2) is 0 Å². The summed E-state index contributed by atoms with van der Waals surface area (Å²) in [7, 11) is 0. The van der Waals surface area contributed by atoms with Crippen molar-refractivity contribution in [1.82, 2.24) is 4.98 Å². The Morgan fingerprint density at radius 2 is 2.06 bits per heavy atom. The number of nitrogens with one attached hydrogen (secondary N) is 1.